The van der Waals surface area contributed by atoms with Crippen molar-refractivity contribution in [2.24, 2.45) is 0 Å². The van der Waals surface area contributed by atoms with Crippen LogP contribution in [0.2, 0.25) is 0 Å². The van der Waals surface area contributed by atoms with Crippen LogP contribution in [0.5, 0.6) is 5.75 Å². The normalized spacial score (nSPS) is 10.9. The minimum Gasteiger partial charge on any atom is -0.409 e. The summed E-state index contributed by atoms with van der Waals surface area (Å²) in [6, 6.07) is 16.3. The first-order chi connectivity index (χ1) is 11.2. The van der Waals surface area contributed by atoms with Crippen molar-refractivity contribution in [2.75, 3.05) is 13.1 Å². The van der Waals surface area contributed by atoms with E-state index in [-0.39, 0.29) is 6.09 Å². The fraction of sp³-hybridized carbons (Fsp3) is 0.250. The lowest BCUT2D eigenvalue weighted by molar-refractivity contribution is 0.157. The fourth-order valence-electron chi connectivity index (χ4n) is 3.05. The van der Waals surface area contributed by atoms with Gasteiger partial charge in [0.15, 0.2) is 0 Å². The number of hydrogen-bond donors (Lipinski definition) is 0. The molecule has 0 saturated carbocycles. The van der Waals surface area contributed by atoms with Gasteiger partial charge in [0.1, 0.15) is 5.75 Å². The first-order valence-electron chi connectivity index (χ1n) is 8.04. The van der Waals surface area contributed by atoms with E-state index in [0.717, 1.165) is 21.7 Å². The Kier molecular flexibility index (Phi) is 4.20. The first-order valence-corrected chi connectivity index (χ1v) is 8.04. The summed E-state index contributed by atoms with van der Waals surface area (Å²) in [5.41, 5.74) is 1.000. The highest BCUT2D eigenvalue weighted by molar-refractivity contribution is 6.12. The minimum atomic E-state index is -0.293. The van der Waals surface area contributed by atoms with Gasteiger partial charge in [-0.2, -0.15) is 0 Å². The van der Waals surface area contributed by atoms with E-state index in [1.807, 2.05) is 51.1 Å². The predicted octanol–water partition coefficient (Wildman–Crippen LogP) is 5.14. The second-order valence-corrected chi connectivity index (χ2v) is 5.59. The van der Waals surface area contributed by atoms with Gasteiger partial charge in [-0.05, 0) is 36.9 Å². The van der Waals surface area contributed by atoms with Crippen LogP contribution in [-0.4, -0.2) is 24.1 Å². The van der Waals surface area contributed by atoms with Crippen molar-refractivity contribution in [3.8, 4) is 5.75 Å². The van der Waals surface area contributed by atoms with Gasteiger partial charge < -0.3 is 9.64 Å². The quantitative estimate of drug-likeness (QED) is 0.627. The molecule has 0 saturated heterocycles. The molecule has 23 heavy (non-hydrogen) atoms. The van der Waals surface area contributed by atoms with E-state index in [1.54, 1.807) is 4.90 Å². The Hall–Kier alpha value is -2.55. The number of aryl methyl sites for hydroxylation is 1. The van der Waals surface area contributed by atoms with Crippen LogP contribution < -0.4 is 4.74 Å². The van der Waals surface area contributed by atoms with Gasteiger partial charge in [-0.3, -0.25) is 0 Å². The first kappa shape index (κ1) is 15.3. The summed E-state index contributed by atoms with van der Waals surface area (Å²) in [5.74, 6) is 0.663. The molecule has 0 atom stereocenters. The zero-order chi connectivity index (χ0) is 16.4. The molecule has 0 bridgehead atoms. The molecule has 3 aromatic rings. The number of nitrogens with zero attached hydrogens (tertiary/aromatic N) is 1. The summed E-state index contributed by atoms with van der Waals surface area (Å²) in [6.45, 7) is 7.20. The lowest BCUT2D eigenvalue weighted by Gasteiger charge is -2.20. The molecule has 0 heterocycles. The molecule has 0 aliphatic heterocycles. The van der Waals surface area contributed by atoms with Crippen molar-refractivity contribution < 1.29 is 9.53 Å². The van der Waals surface area contributed by atoms with Crippen LogP contribution in [0.3, 0.4) is 0 Å². The van der Waals surface area contributed by atoms with Crippen molar-refractivity contribution in [3.05, 3.63) is 54.1 Å². The van der Waals surface area contributed by atoms with Gasteiger partial charge in [-0.15, -0.1) is 0 Å². The monoisotopic (exact) mass is 307 g/mol. The molecule has 1 amide bonds. The van der Waals surface area contributed by atoms with Crippen LogP contribution in [-0.2, 0) is 0 Å². The summed E-state index contributed by atoms with van der Waals surface area (Å²) >= 11 is 0. The maximum atomic E-state index is 12.4. The highest BCUT2D eigenvalue weighted by atomic mass is 16.6. The maximum absolute atomic E-state index is 12.4. The molecule has 0 N–H and O–H groups in total. The number of benzene rings is 3. The Morgan fingerprint density at radius 2 is 1.35 bits per heavy atom. The molecule has 3 nitrogen and oxygen atoms in total. The number of rotatable bonds is 3. The van der Waals surface area contributed by atoms with Crippen LogP contribution in [0.1, 0.15) is 19.4 Å². The molecule has 0 radical (unpaired) electrons. The van der Waals surface area contributed by atoms with E-state index in [9.17, 15) is 4.79 Å². The Bertz CT molecular complexity index is 866. The fourth-order valence-corrected chi connectivity index (χ4v) is 3.05. The van der Waals surface area contributed by atoms with Crippen LogP contribution in [0.25, 0.3) is 21.5 Å². The Balaban J connectivity index is 2.22. The van der Waals surface area contributed by atoms with Gasteiger partial charge in [0.2, 0.25) is 0 Å². The number of carbonyl (C=O) groups excluding carboxylic acids is 1. The van der Waals surface area contributed by atoms with Gasteiger partial charge in [0, 0.05) is 24.0 Å². The third-order valence-electron chi connectivity index (χ3n) is 4.34. The summed E-state index contributed by atoms with van der Waals surface area (Å²) in [6.07, 6.45) is -0.293. The summed E-state index contributed by atoms with van der Waals surface area (Å²) in [4.78, 5) is 14.1. The molecular weight excluding hydrogens is 286 g/mol. The lowest BCUT2D eigenvalue weighted by Crippen LogP contribution is -2.33. The zero-order valence-corrected chi connectivity index (χ0v) is 13.8. The van der Waals surface area contributed by atoms with Gasteiger partial charge in [0.25, 0.3) is 0 Å². The van der Waals surface area contributed by atoms with Crippen LogP contribution in [0.4, 0.5) is 4.79 Å². The van der Waals surface area contributed by atoms with Gasteiger partial charge >= 0.3 is 6.09 Å². The molecule has 0 aliphatic rings. The van der Waals surface area contributed by atoms with Crippen molar-refractivity contribution in [3.63, 3.8) is 0 Å². The SMILES string of the molecule is CCN(CC)C(=O)Oc1c(C)c2ccccc2c2ccccc12. The predicted molar refractivity (Wildman–Crippen MR) is 95.1 cm³/mol. The standard InChI is InChI=1S/C20H21NO2/c1-4-21(5-2)20(22)23-19-14(3)15-10-6-7-11-16(15)17-12-8-9-13-18(17)19/h6-13H,4-5H2,1-3H3. The second-order valence-electron chi connectivity index (χ2n) is 5.59. The van der Waals surface area contributed by atoms with E-state index < -0.39 is 0 Å². The molecule has 0 aliphatic carbocycles. The van der Waals surface area contributed by atoms with E-state index in [0.29, 0.717) is 18.8 Å². The molecule has 0 spiro atoms. The Morgan fingerprint density at radius 3 is 1.91 bits per heavy atom. The molecule has 3 aromatic carbocycles. The number of fused-ring (bicyclic) bond motifs is 3. The zero-order valence-electron chi connectivity index (χ0n) is 13.8. The Labute approximate surface area is 136 Å². The Morgan fingerprint density at radius 1 is 0.870 bits per heavy atom. The van der Waals surface area contributed by atoms with Gasteiger partial charge in [-0.1, -0.05) is 48.5 Å². The molecule has 0 aromatic heterocycles. The van der Waals surface area contributed by atoms with Gasteiger partial charge in [-0.25, -0.2) is 4.79 Å². The largest absolute Gasteiger partial charge is 0.415 e. The van der Waals surface area contributed by atoms with E-state index in [4.69, 9.17) is 4.74 Å². The lowest BCUT2D eigenvalue weighted by atomic mass is 9.97. The average molecular weight is 307 g/mol. The molecular formula is C20H21NO2. The number of amides is 1. The second kappa shape index (κ2) is 6.29. The van der Waals surface area contributed by atoms with Gasteiger partial charge in [0.05, 0.1) is 0 Å². The van der Waals surface area contributed by atoms with E-state index >= 15 is 0 Å². The molecule has 0 unspecified atom stereocenters. The number of carbonyl (C=O) groups is 1. The van der Waals surface area contributed by atoms with Crippen LogP contribution in [0, 0.1) is 6.92 Å². The highest BCUT2D eigenvalue weighted by Gasteiger charge is 2.18. The maximum Gasteiger partial charge on any atom is 0.415 e. The van der Waals surface area contributed by atoms with E-state index in [1.165, 1.54) is 5.39 Å². The molecule has 3 rings (SSSR count). The van der Waals surface area contributed by atoms with Crippen molar-refractivity contribution in [1.29, 1.82) is 0 Å². The minimum absolute atomic E-state index is 0.293. The third kappa shape index (κ3) is 2.63. The molecule has 118 valence electrons. The summed E-state index contributed by atoms with van der Waals surface area (Å²) in [5, 5.41) is 4.39. The summed E-state index contributed by atoms with van der Waals surface area (Å²) in [7, 11) is 0. The number of ether oxygens (including phenoxy) is 1. The van der Waals surface area contributed by atoms with E-state index in [2.05, 4.69) is 18.2 Å². The molecule has 3 heteroatoms. The summed E-state index contributed by atoms with van der Waals surface area (Å²) < 4.78 is 5.80. The van der Waals surface area contributed by atoms with Crippen molar-refractivity contribution in [1.82, 2.24) is 4.90 Å². The van der Waals surface area contributed by atoms with Crippen molar-refractivity contribution in [2.45, 2.75) is 20.8 Å². The average Bonchev–Trinajstić information content (AvgIpc) is 2.59. The smallest absolute Gasteiger partial charge is 0.409 e. The topological polar surface area (TPSA) is 29.5 Å². The third-order valence-corrected chi connectivity index (χ3v) is 4.34. The van der Waals surface area contributed by atoms with Crippen LogP contribution >= 0.6 is 0 Å². The highest BCUT2D eigenvalue weighted by Crippen LogP contribution is 2.37. The van der Waals surface area contributed by atoms with Crippen molar-refractivity contribution >= 4 is 27.6 Å². The number of hydrogen-bond acceptors (Lipinski definition) is 2. The molecule has 0 fully saturated rings. The van der Waals surface area contributed by atoms with Crippen LogP contribution in [0.15, 0.2) is 48.5 Å².